The maximum Gasteiger partial charge on any atom is 0.101 e. The summed E-state index contributed by atoms with van der Waals surface area (Å²) in [6.45, 7) is 3.84. The van der Waals surface area contributed by atoms with Gasteiger partial charge < -0.3 is 10.1 Å². The Morgan fingerprint density at radius 3 is 2.95 bits per heavy atom. The molecule has 1 aliphatic heterocycles. The van der Waals surface area contributed by atoms with E-state index in [0.717, 1.165) is 36.0 Å². The first-order valence-corrected chi connectivity index (χ1v) is 8.45. The fourth-order valence-electron chi connectivity index (χ4n) is 3.00. The molecule has 0 aliphatic carbocycles. The van der Waals surface area contributed by atoms with E-state index in [4.69, 9.17) is 4.74 Å². The zero-order chi connectivity index (χ0) is 15.5. The molecule has 3 atom stereocenters. The molecule has 22 heavy (non-hydrogen) atoms. The van der Waals surface area contributed by atoms with Gasteiger partial charge in [-0.1, -0.05) is 0 Å². The highest BCUT2D eigenvalue weighted by Crippen LogP contribution is 2.28. The molecule has 2 aromatic rings. The van der Waals surface area contributed by atoms with E-state index < -0.39 is 0 Å². The molecular weight excluding hydrogens is 346 g/mol. The molecule has 1 saturated heterocycles. The van der Waals surface area contributed by atoms with E-state index in [0.29, 0.717) is 12.1 Å². The molecule has 7 heteroatoms. The van der Waals surface area contributed by atoms with Crippen LogP contribution in [0.25, 0.3) is 0 Å². The molecule has 0 radical (unpaired) electrons. The molecule has 1 fully saturated rings. The molecule has 1 aliphatic rings. The topological polar surface area (TPSA) is 56.9 Å². The van der Waals surface area contributed by atoms with Crippen LogP contribution in [-0.2, 0) is 18.3 Å². The predicted octanol–water partition coefficient (Wildman–Crippen LogP) is 2.28. The summed E-state index contributed by atoms with van der Waals surface area (Å²) in [5, 5.41) is 12.3. The van der Waals surface area contributed by atoms with Crippen molar-refractivity contribution in [2.24, 2.45) is 7.05 Å². The van der Waals surface area contributed by atoms with E-state index in [-0.39, 0.29) is 6.10 Å². The van der Waals surface area contributed by atoms with Crippen molar-refractivity contribution in [3.63, 3.8) is 0 Å². The maximum absolute atomic E-state index is 6.00. The molecule has 3 heterocycles. The second-order valence-corrected chi connectivity index (χ2v) is 6.85. The number of aromatic nitrogens is 4. The molecule has 0 aromatic carbocycles. The van der Waals surface area contributed by atoms with E-state index in [9.17, 15) is 0 Å². The lowest BCUT2D eigenvalue weighted by molar-refractivity contribution is -0.0139. The normalized spacial score (nSPS) is 23.6. The smallest absolute Gasteiger partial charge is 0.101 e. The molecule has 3 rings (SSSR count). The summed E-state index contributed by atoms with van der Waals surface area (Å²) in [5.41, 5.74) is 1.15. The molecule has 0 amide bonds. The lowest BCUT2D eigenvalue weighted by Crippen LogP contribution is -2.45. The molecule has 0 spiro atoms. The Bertz CT molecular complexity index is 611. The van der Waals surface area contributed by atoms with Crippen LogP contribution in [0.2, 0.25) is 0 Å². The first kappa shape index (κ1) is 15.7. The second-order valence-electron chi connectivity index (χ2n) is 5.94. The van der Waals surface area contributed by atoms with Gasteiger partial charge in [0.1, 0.15) is 6.10 Å². The number of ether oxygens (including phenoxy) is 1. The van der Waals surface area contributed by atoms with Crippen molar-refractivity contribution >= 4 is 15.9 Å². The molecular formula is C15H22BrN5O. The van der Waals surface area contributed by atoms with Crippen LogP contribution in [0.3, 0.4) is 0 Å². The fraction of sp³-hybridized carbons (Fsp3) is 0.600. The summed E-state index contributed by atoms with van der Waals surface area (Å²) >= 11 is 3.43. The average Bonchev–Trinajstić information content (AvgIpc) is 3.08. The summed E-state index contributed by atoms with van der Waals surface area (Å²) < 4.78 is 10.8. The monoisotopic (exact) mass is 367 g/mol. The lowest BCUT2D eigenvalue weighted by atomic mass is 9.97. The van der Waals surface area contributed by atoms with Gasteiger partial charge in [0.2, 0.25) is 0 Å². The second kappa shape index (κ2) is 6.93. The van der Waals surface area contributed by atoms with Gasteiger partial charge >= 0.3 is 0 Å². The van der Waals surface area contributed by atoms with E-state index in [2.05, 4.69) is 38.4 Å². The SMILES string of the molecule is C[C@@H](Cn1cc(Br)cn1)N[C@H]1CCCO[C@@H]1c1cnn(C)c1. The van der Waals surface area contributed by atoms with Crippen LogP contribution < -0.4 is 5.32 Å². The molecule has 120 valence electrons. The van der Waals surface area contributed by atoms with Gasteiger partial charge in [-0.2, -0.15) is 10.2 Å². The zero-order valence-corrected chi connectivity index (χ0v) is 14.5. The van der Waals surface area contributed by atoms with Gasteiger partial charge in [-0.15, -0.1) is 0 Å². The Morgan fingerprint density at radius 2 is 2.27 bits per heavy atom. The molecule has 6 nitrogen and oxygen atoms in total. The van der Waals surface area contributed by atoms with Crippen LogP contribution in [0.4, 0.5) is 0 Å². The third kappa shape index (κ3) is 3.77. The predicted molar refractivity (Wildman–Crippen MR) is 87.4 cm³/mol. The lowest BCUT2D eigenvalue weighted by Gasteiger charge is -2.34. The number of nitrogens with zero attached hydrogens (tertiary/aromatic N) is 4. The number of nitrogens with one attached hydrogen (secondary N) is 1. The van der Waals surface area contributed by atoms with Crippen molar-refractivity contribution in [1.82, 2.24) is 24.9 Å². The highest BCUT2D eigenvalue weighted by molar-refractivity contribution is 9.10. The minimum atomic E-state index is 0.0780. The third-order valence-corrected chi connectivity index (χ3v) is 4.35. The Morgan fingerprint density at radius 1 is 1.41 bits per heavy atom. The third-order valence-electron chi connectivity index (χ3n) is 3.94. The van der Waals surface area contributed by atoms with Gasteiger partial charge in [-0.05, 0) is 35.7 Å². The summed E-state index contributed by atoms with van der Waals surface area (Å²) in [4.78, 5) is 0. The molecule has 2 aromatic heterocycles. The number of rotatable bonds is 5. The highest BCUT2D eigenvalue weighted by Gasteiger charge is 2.29. The summed E-state index contributed by atoms with van der Waals surface area (Å²) in [5.74, 6) is 0. The molecule has 1 N–H and O–H groups in total. The van der Waals surface area contributed by atoms with E-state index >= 15 is 0 Å². The fourth-order valence-corrected chi connectivity index (χ4v) is 3.33. The summed E-state index contributed by atoms with van der Waals surface area (Å²) in [7, 11) is 1.94. The highest BCUT2D eigenvalue weighted by atomic mass is 79.9. The van der Waals surface area contributed by atoms with Gasteiger partial charge in [0.25, 0.3) is 0 Å². The van der Waals surface area contributed by atoms with Crippen LogP contribution in [0.15, 0.2) is 29.3 Å². The van der Waals surface area contributed by atoms with Gasteiger partial charge in [0.15, 0.2) is 0 Å². The van der Waals surface area contributed by atoms with E-state index in [1.807, 2.05) is 41.2 Å². The first-order chi connectivity index (χ1) is 10.6. The van der Waals surface area contributed by atoms with Crippen molar-refractivity contribution in [3.05, 3.63) is 34.8 Å². The Labute approximate surface area is 139 Å². The Balaban J connectivity index is 1.63. The zero-order valence-electron chi connectivity index (χ0n) is 12.9. The van der Waals surface area contributed by atoms with Gasteiger partial charge in [-0.3, -0.25) is 9.36 Å². The van der Waals surface area contributed by atoms with Crippen LogP contribution in [0.5, 0.6) is 0 Å². The van der Waals surface area contributed by atoms with Gasteiger partial charge in [0, 0.05) is 43.7 Å². The Kier molecular flexibility index (Phi) is 4.95. The average molecular weight is 368 g/mol. The number of halogens is 1. The van der Waals surface area contributed by atoms with Crippen molar-refractivity contribution in [1.29, 1.82) is 0 Å². The largest absolute Gasteiger partial charge is 0.372 e. The maximum atomic E-state index is 6.00. The van der Waals surface area contributed by atoms with Crippen LogP contribution in [-0.4, -0.2) is 38.3 Å². The van der Waals surface area contributed by atoms with Crippen molar-refractivity contribution in [2.45, 2.75) is 44.5 Å². The van der Waals surface area contributed by atoms with Crippen molar-refractivity contribution in [3.8, 4) is 0 Å². The van der Waals surface area contributed by atoms with Crippen LogP contribution in [0, 0.1) is 0 Å². The van der Waals surface area contributed by atoms with E-state index in [1.165, 1.54) is 0 Å². The van der Waals surface area contributed by atoms with E-state index in [1.54, 1.807) is 0 Å². The van der Waals surface area contributed by atoms with Gasteiger partial charge in [0.05, 0.1) is 23.4 Å². The van der Waals surface area contributed by atoms with Crippen LogP contribution in [0.1, 0.15) is 31.4 Å². The first-order valence-electron chi connectivity index (χ1n) is 7.66. The summed E-state index contributed by atoms with van der Waals surface area (Å²) in [6, 6.07) is 0.629. The van der Waals surface area contributed by atoms with Crippen LogP contribution >= 0.6 is 15.9 Å². The van der Waals surface area contributed by atoms with Gasteiger partial charge in [-0.25, -0.2) is 0 Å². The number of aryl methyl sites for hydroxylation is 1. The van der Waals surface area contributed by atoms with Crippen molar-refractivity contribution < 1.29 is 4.74 Å². The number of hydrogen-bond donors (Lipinski definition) is 1. The Hall–Kier alpha value is -1.18. The summed E-state index contributed by atoms with van der Waals surface area (Å²) in [6.07, 6.45) is 10.0. The minimum absolute atomic E-state index is 0.0780. The molecule has 0 unspecified atom stereocenters. The molecule has 0 saturated carbocycles. The quantitative estimate of drug-likeness (QED) is 0.880. The molecule has 0 bridgehead atoms. The number of hydrogen-bond acceptors (Lipinski definition) is 4. The van der Waals surface area contributed by atoms with Crippen molar-refractivity contribution in [2.75, 3.05) is 6.61 Å². The standard InChI is InChI=1S/C15H22BrN5O/c1-11(8-21-10-13(16)7-18-21)19-14-4-3-5-22-15(14)12-6-17-20(2)9-12/h6-7,9-11,14-15,19H,3-5,8H2,1-2H3/t11-,14-,15+/m0/s1. The minimum Gasteiger partial charge on any atom is -0.372 e.